The number of carbonyl (C=O) groups excluding carboxylic acids is 1. The number of aliphatic hydroxyl groups is 1. The van der Waals surface area contributed by atoms with Crippen LogP contribution in [0.15, 0.2) is 24.3 Å². The molecule has 0 heterocycles. The van der Waals surface area contributed by atoms with Crippen LogP contribution < -0.4 is 10.5 Å². The maximum atomic E-state index is 10.8. The van der Waals surface area contributed by atoms with Crippen LogP contribution in [0.2, 0.25) is 0 Å². The Hall–Kier alpha value is -1.55. The first-order chi connectivity index (χ1) is 6.66. The third-order valence-electron chi connectivity index (χ3n) is 1.78. The fourth-order valence-electron chi connectivity index (χ4n) is 1.15. The van der Waals surface area contributed by atoms with E-state index in [-0.39, 0.29) is 0 Å². The fourth-order valence-corrected chi connectivity index (χ4v) is 1.15. The SMILES string of the molecule is CCOc1ccccc1[C@H](O)C(N)=O. The molecule has 4 nitrogen and oxygen atoms in total. The molecule has 0 aromatic heterocycles. The lowest BCUT2D eigenvalue weighted by Crippen LogP contribution is -2.21. The van der Waals surface area contributed by atoms with Gasteiger partial charge in [-0.1, -0.05) is 18.2 Å². The molecule has 76 valence electrons. The number of primary amides is 1. The number of benzene rings is 1. The van der Waals surface area contributed by atoms with Gasteiger partial charge in [-0.15, -0.1) is 0 Å². The first-order valence-electron chi connectivity index (χ1n) is 4.36. The highest BCUT2D eigenvalue weighted by Gasteiger charge is 2.17. The van der Waals surface area contributed by atoms with Crippen LogP contribution in [-0.2, 0) is 4.79 Å². The molecular weight excluding hydrogens is 182 g/mol. The van der Waals surface area contributed by atoms with E-state index in [2.05, 4.69) is 0 Å². The minimum atomic E-state index is -1.31. The van der Waals surface area contributed by atoms with Crippen molar-refractivity contribution in [3.63, 3.8) is 0 Å². The molecule has 0 radical (unpaired) electrons. The zero-order chi connectivity index (χ0) is 10.6. The van der Waals surface area contributed by atoms with Crippen LogP contribution >= 0.6 is 0 Å². The molecule has 1 aromatic rings. The maximum absolute atomic E-state index is 10.8. The first-order valence-corrected chi connectivity index (χ1v) is 4.36. The van der Waals surface area contributed by atoms with Crippen LogP contribution in [0.25, 0.3) is 0 Å². The van der Waals surface area contributed by atoms with Gasteiger partial charge >= 0.3 is 0 Å². The van der Waals surface area contributed by atoms with Crippen LogP contribution in [0.1, 0.15) is 18.6 Å². The van der Waals surface area contributed by atoms with E-state index in [1.807, 2.05) is 6.92 Å². The second-order valence-electron chi connectivity index (χ2n) is 2.78. The number of hydrogen-bond acceptors (Lipinski definition) is 3. The van der Waals surface area contributed by atoms with Crippen molar-refractivity contribution in [1.29, 1.82) is 0 Å². The van der Waals surface area contributed by atoms with Crippen molar-refractivity contribution >= 4 is 5.91 Å². The summed E-state index contributed by atoms with van der Waals surface area (Å²) < 4.78 is 5.24. The number of aliphatic hydroxyl groups excluding tert-OH is 1. The van der Waals surface area contributed by atoms with Gasteiger partial charge in [-0.2, -0.15) is 0 Å². The highest BCUT2D eigenvalue weighted by molar-refractivity contribution is 5.80. The van der Waals surface area contributed by atoms with E-state index in [4.69, 9.17) is 10.5 Å². The summed E-state index contributed by atoms with van der Waals surface area (Å²) >= 11 is 0. The minimum Gasteiger partial charge on any atom is -0.493 e. The molecule has 0 bridgehead atoms. The number of hydrogen-bond donors (Lipinski definition) is 2. The quantitative estimate of drug-likeness (QED) is 0.739. The third kappa shape index (κ3) is 2.23. The lowest BCUT2D eigenvalue weighted by molar-refractivity contribution is -0.126. The molecule has 14 heavy (non-hydrogen) atoms. The predicted octanol–water partition coefficient (Wildman–Crippen LogP) is 0.604. The molecule has 4 heteroatoms. The lowest BCUT2D eigenvalue weighted by Gasteiger charge is -2.12. The summed E-state index contributed by atoms with van der Waals surface area (Å²) in [5, 5.41) is 9.45. The smallest absolute Gasteiger partial charge is 0.251 e. The van der Waals surface area contributed by atoms with Gasteiger partial charge in [0.15, 0.2) is 6.10 Å². The summed E-state index contributed by atoms with van der Waals surface area (Å²) in [6.07, 6.45) is -1.31. The third-order valence-corrected chi connectivity index (χ3v) is 1.78. The van der Waals surface area contributed by atoms with Crippen molar-refractivity contribution in [3.05, 3.63) is 29.8 Å². The molecule has 1 atom stereocenters. The van der Waals surface area contributed by atoms with Gasteiger partial charge in [-0.25, -0.2) is 0 Å². The standard InChI is InChI=1S/C10H13NO3/c1-2-14-8-6-4-3-5-7(8)9(12)10(11)13/h3-6,9,12H,2H2,1H3,(H2,11,13)/t9-/m0/s1. The van der Waals surface area contributed by atoms with E-state index in [1.54, 1.807) is 24.3 Å². The van der Waals surface area contributed by atoms with Gasteiger partial charge in [0.25, 0.3) is 5.91 Å². The molecule has 1 amide bonds. The molecule has 0 aliphatic rings. The molecule has 1 rings (SSSR count). The predicted molar refractivity (Wildman–Crippen MR) is 51.8 cm³/mol. The second kappa shape index (κ2) is 4.62. The second-order valence-corrected chi connectivity index (χ2v) is 2.78. The number of ether oxygens (including phenoxy) is 1. The lowest BCUT2D eigenvalue weighted by atomic mass is 10.1. The summed E-state index contributed by atoms with van der Waals surface area (Å²) in [4.78, 5) is 10.8. The van der Waals surface area contributed by atoms with Crippen molar-refractivity contribution in [1.82, 2.24) is 0 Å². The summed E-state index contributed by atoms with van der Waals surface area (Å²) in [6.45, 7) is 2.30. The molecule has 0 spiro atoms. The van der Waals surface area contributed by atoms with Crippen LogP contribution in [0.4, 0.5) is 0 Å². The van der Waals surface area contributed by atoms with Gasteiger partial charge in [-0.3, -0.25) is 4.79 Å². The minimum absolute atomic E-state index is 0.404. The molecule has 0 saturated heterocycles. The van der Waals surface area contributed by atoms with Gasteiger partial charge in [0, 0.05) is 5.56 Å². The van der Waals surface area contributed by atoms with E-state index in [1.165, 1.54) is 0 Å². The Morgan fingerprint density at radius 2 is 2.21 bits per heavy atom. The van der Waals surface area contributed by atoms with E-state index < -0.39 is 12.0 Å². The van der Waals surface area contributed by atoms with Gasteiger partial charge in [0.1, 0.15) is 5.75 Å². The Labute approximate surface area is 82.3 Å². The summed E-state index contributed by atoms with van der Waals surface area (Å²) in [5.41, 5.74) is 5.39. The molecule has 0 aliphatic heterocycles. The van der Waals surface area contributed by atoms with Gasteiger partial charge in [0.2, 0.25) is 0 Å². The average molecular weight is 195 g/mol. The summed E-state index contributed by atoms with van der Waals surface area (Å²) in [5.74, 6) is -0.293. The molecule has 3 N–H and O–H groups in total. The Morgan fingerprint density at radius 1 is 1.57 bits per heavy atom. The van der Waals surface area contributed by atoms with E-state index >= 15 is 0 Å². The Bertz CT molecular complexity index is 325. The van der Waals surface area contributed by atoms with Gasteiger partial charge < -0.3 is 15.6 Å². The highest BCUT2D eigenvalue weighted by Crippen LogP contribution is 2.24. The Kier molecular flexibility index (Phi) is 3.48. The maximum Gasteiger partial charge on any atom is 0.251 e. The molecule has 0 aliphatic carbocycles. The van der Waals surface area contributed by atoms with Crippen molar-refractivity contribution in [2.24, 2.45) is 5.73 Å². The van der Waals surface area contributed by atoms with E-state index in [0.29, 0.717) is 17.9 Å². The normalized spacial score (nSPS) is 12.1. The Balaban J connectivity index is 3.00. The van der Waals surface area contributed by atoms with Crippen molar-refractivity contribution in [3.8, 4) is 5.75 Å². The van der Waals surface area contributed by atoms with Crippen LogP contribution in [-0.4, -0.2) is 17.6 Å². The molecule has 0 fully saturated rings. The zero-order valence-electron chi connectivity index (χ0n) is 7.93. The van der Waals surface area contributed by atoms with E-state index in [0.717, 1.165) is 0 Å². The van der Waals surface area contributed by atoms with Gasteiger partial charge in [-0.05, 0) is 13.0 Å². The largest absolute Gasteiger partial charge is 0.493 e. The number of amides is 1. The topological polar surface area (TPSA) is 72.6 Å². The molecule has 0 saturated carbocycles. The van der Waals surface area contributed by atoms with E-state index in [9.17, 15) is 9.90 Å². The molecule has 0 unspecified atom stereocenters. The van der Waals surface area contributed by atoms with Crippen LogP contribution in [0.3, 0.4) is 0 Å². The number of carbonyl (C=O) groups is 1. The van der Waals surface area contributed by atoms with Crippen molar-refractivity contribution < 1.29 is 14.6 Å². The molecular formula is C10H13NO3. The van der Waals surface area contributed by atoms with Crippen LogP contribution in [0, 0.1) is 0 Å². The fraction of sp³-hybridized carbons (Fsp3) is 0.300. The monoisotopic (exact) mass is 195 g/mol. The zero-order valence-corrected chi connectivity index (χ0v) is 7.93. The van der Waals surface area contributed by atoms with Gasteiger partial charge in [0.05, 0.1) is 6.61 Å². The van der Waals surface area contributed by atoms with Crippen molar-refractivity contribution in [2.75, 3.05) is 6.61 Å². The summed E-state index contributed by atoms with van der Waals surface area (Å²) in [6, 6.07) is 6.78. The first kappa shape index (κ1) is 10.5. The number of para-hydroxylation sites is 1. The van der Waals surface area contributed by atoms with Crippen molar-refractivity contribution in [2.45, 2.75) is 13.0 Å². The molecule has 1 aromatic carbocycles. The average Bonchev–Trinajstić information content (AvgIpc) is 2.18. The number of rotatable bonds is 4. The summed E-state index contributed by atoms with van der Waals surface area (Å²) in [7, 11) is 0. The number of nitrogens with two attached hydrogens (primary N) is 1. The van der Waals surface area contributed by atoms with Crippen LogP contribution in [0.5, 0.6) is 5.75 Å². The highest BCUT2D eigenvalue weighted by atomic mass is 16.5. The Morgan fingerprint density at radius 3 is 2.79 bits per heavy atom.